The number of rotatable bonds is 2. The third-order valence-electron chi connectivity index (χ3n) is 1.54. The van der Waals surface area contributed by atoms with Crippen LogP contribution in [0.2, 0.25) is 0 Å². The van der Waals surface area contributed by atoms with Crippen LogP contribution < -0.4 is 4.74 Å². The summed E-state index contributed by atoms with van der Waals surface area (Å²) in [6.07, 6.45) is 3.34. The minimum absolute atomic E-state index is 0.526. The Bertz CT molecular complexity index is 419. The lowest BCUT2D eigenvalue weighted by atomic mass is 10.5. The van der Waals surface area contributed by atoms with Gasteiger partial charge >= 0.3 is 0 Å². The molecule has 0 unspecified atom stereocenters. The Morgan fingerprint density at radius 3 is 2.57 bits per heavy atom. The Hall–Kier alpha value is -1.42. The van der Waals surface area contributed by atoms with Crippen molar-refractivity contribution in [2.45, 2.75) is 0 Å². The van der Waals surface area contributed by atoms with Crippen molar-refractivity contribution in [2.24, 2.45) is 0 Å². The van der Waals surface area contributed by atoms with Crippen LogP contribution in [0.15, 0.2) is 47.2 Å². The summed E-state index contributed by atoms with van der Waals surface area (Å²) >= 11 is 3.34. The molecule has 0 spiro atoms. The van der Waals surface area contributed by atoms with Gasteiger partial charge in [-0.2, -0.15) is 0 Å². The molecular formula is C10H7BrN2O. The maximum absolute atomic E-state index is 5.41. The number of ether oxygens (including phenoxy) is 1. The number of hydrogen-bond donors (Lipinski definition) is 0. The first-order chi connectivity index (χ1) is 6.84. The highest BCUT2D eigenvalue weighted by molar-refractivity contribution is 9.10. The van der Waals surface area contributed by atoms with Gasteiger partial charge in [0.1, 0.15) is 0 Å². The van der Waals surface area contributed by atoms with Crippen molar-refractivity contribution in [1.82, 2.24) is 9.97 Å². The molecule has 0 fully saturated rings. The van der Waals surface area contributed by atoms with Gasteiger partial charge in [0, 0.05) is 29.0 Å². The summed E-state index contributed by atoms with van der Waals surface area (Å²) < 4.78 is 6.34. The lowest BCUT2D eigenvalue weighted by molar-refractivity contribution is 0.444. The fourth-order valence-electron chi connectivity index (χ4n) is 0.956. The van der Waals surface area contributed by atoms with Gasteiger partial charge in [-0.25, -0.2) is 9.97 Å². The van der Waals surface area contributed by atoms with Crippen molar-refractivity contribution in [3.63, 3.8) is 0 Å². The molecule has 2 heterocycles. The van der Waals surface area contributed by atoms with Gasteiger partial charge in [-0.05, 0) is 12.1 Å². The van der Waals surface area contributed by atoms with Crippen LogP contribution in [0.5, 0.6) is 11.8 Å². The quantitative estimate of drug-likeness (QED) is 0.822. The topological polar surface area (TPSA) is 35.0 Å². The highest BCUT2D eigenvalue weighted by atomic mass is 79.9. The SMILES string of the molecule is Brc1ccnc(Oc2ccccn2)c1. The molecule has 2 aromatic heterocycles. The lowest BCUT2D eigenvalue weighted by Gasteiger charge is -2.02. The van der Waals surface area contributed by atoms with Gasteiger partial charge in [-0.1, -0.05) is 22.0 Å². The number of hydrogen-bond acceptors (Lipinski definition) is 3. The van der Waals surface area contributed by atoms with Crippen LogP contribution in [0.3, 0.4) is 0 Å². The van der Waals surface area contributed by atoms with E-state index in [4.69, 9.17) is 4.74 Å². The highest BCUT2D eigenvalue weighted by Crippen LogP contribution is 2.19. The molecule has 14 heavy (non-hydrogen) atoms. The summed E-state index contributed by atoms with van der Waals surface area (Å²) in [4.78, 5) is 8.07. The van der Waals surface area contributed by atoms with Crippen LogP contribution in [0.1, 0.15) is 0 Å². The third kappa shape index (κ3) is 2.29. The lowest BCUT2D eigenvalue weighted by Crippen LogP contribution is -1.88. The van der Waals surface area contributed by atoms with E-state index >= 15 is 0 Å². The van der Waals surface area contributed by atoms with E-state index in [1.54, 1.807) is 24.5 Å². The Morgan fingerprint density at radius 2 is 1.86 bits per heavy atom. The Morgan fingerprint density at radius 1 is 1.00 bits per heavy atom. The van der Waals surface area contributed by atoms with E-state index in [0.29, 0.717) is 11.8 Å². The van der Waals surface area contributed by atoms with Crippen LogP contribution in [0, 0.1) is 0 Å². The molecule has 0 aliphatic carbocycles. The van der Waals surface area contributed by atoms with Crippen LogP contribution >= 0.6 is 15.9 Å². The smallest absolute Gasteiger partial charge is 0.222 e. The van der Waals surface area contributed by atoms with E-state index in [9.17, 15) is 0 Å². The number of halogens is 1. The molecular weight excluding hydrogens is 244 g/mol. The standard InChI is InChI=1S/C10H7BrN2O/c11-8-4-6-13-10(7-8)14-9-3-1-2-5-12-9/h1-7H. The molecule has 0 aliphatic heterocycles. The molecule has 0 radical (unpaired) electrons. The molecule has 4 heteroatoms. The fraction of sp³-hybridized carbons (Fsp3) is 0. The van der Waals surface area contributed by atoms with Crippen molar-refractivity contribution >= 4 is 15.9 Å². The zero-order valence-corrected chi connectivity index (χ0v) is 8.81. The second-order valence-corrected chi connectivity index (χ2v) is 3.50. The largest absolute Gasteiger partial charge is 0.421 e. The van der Waals surface area contributed by atoms with Gasteiger partial charge < -0.3 is 4.74 Å². The molecule has 0 aliphatic rings. The molecule has 70 valence electrons. The third-order valence-corrected chi connectivity index (χ3v) is 2.04. The number of pyridine rings is 2. The van der Waals surface area contributed by atoms with Gasteiger partial charge in [-0.3, -0.25) is 0 Å². The van der Waals surface area contributed by atoms with E-state index in [2.05, 4.69) is 25.9 Å². The molecule has 0 aromatic carbocycles. The van der Waals surface area contributed by atoms with E-state index in [1.165, 1.54) is 0 Å². The van der Waals surface area contributed by atoms with E-state index in [-0.39, 0.29) is 0 Å². The average Bonchev–Trinajstić information content (AvgIpc) is 2.19. The van der Waals surface area contributed by atoms with Crippen LogP contribution in [-0.4, -0.2) is 9.97 Å². The van der Waals surface area contributed by atoms with Crippen molar-refractivity contribution < 1.29 is 4.74 Å². The summed E-state index contributed by atoms with van der Waals surface area (Å²) in [5.74, 6) is 1.07. The summed E-state index contributed by atoms with van der Waals surface area (Å²) in [6, 6.07) is 9.10. The molecule has 0 atom stereocenters. The normalized spacial score (nSPS) is 9.79. The first-order valence-electron chi connectivity index (χ1n) is 4.05. The summed E-state index contributed by atoms with van der Waals surface area (Å²) in [5.41, 5.74) is 0. The molecule has 0 N–H and O–H groups in total. The van der Waals surface area contributed by atoms with Crippen LogP contribution in [0.25, 0.3) is 0 Å². The zero-order chi connectivity index (χ0) is 9.80. The fourth-order valence-corrected chi connectivity index (χ4v) is 1.27. The van der Waals surface area contributed by atoms with Crippen LogP contribution in [0.4, 0.5) is 0 Å². The Labute approximate surface area is 89.9 Å². The highest BCUT2D eigenvalue weighted by Gasteiger charge is 1.98. The second-order valence-electron chi connectivity index (χ2n) is 2.58. The molecule has 3 nitrogen and oxygen atoms in total. The monoisotopic (exact) mass is 250 g/mol. The molecule has 2 aromatic rings. The minimum atomic E-state index is 0.526. The number of nitrogens with zero attached hydrogens (tertiary/aromatic N) is 2. The summed E-state index contributed by atoms with van der Waals surface area (Å²) in [5, 5.41) is 0. The van der Waals surface area contributed by atoms with Gasteiger partial charge in [-0.15, -0.1) is 0 Å². The van der Waals surface area contributed by atoms with E-state index < -0.39 is 0 Å². The predicted molar refractivity (Wildman–Crippen MR) is 56.2 cm³/mol. The van der Waals surface area contributed by atoms with Crippen molar-refractivity contribution in [1.29, 1.82) is 0 Å². The van der Waals surface area contributed by atoms with Gasteiger partial charge in [0.2, 0.25) is 11.8 Å². The first-order valence-corrected chi connectivity index (χ1v) is 4.84. The predicted octanol–water partition coefficient (Wildman–Crippen LogP) is 3.03. The van der Waals surface area contributed by atoms with Gasteiger partial charge in [0.05, 0.1) is 0 Å². The van der Waals surface area contributed by atoms with Crippen molar-refractivity contribution in [3.8, 4) is 11.8 Å². The second kappa shape index (κ2) is 4.19. The van der Waals surface area contributed by atoms with E-state index in [0.717, 1.165) is 4.47 Å². The van der Waals surface area contributed by atoms with Gasteiger partial charge in [0.15, 0.2) is 0 Å². The number of aromatic nitrogens is 2. The van der Waals surface area contributed by atoms with Gasteiger partial charge in [0.25, 0.3) is 0 Å². The molecule has 0 saturated carbocycles. The van der Waals surface area contributed by atoms with Crippen LogP contribution in [-0.2, 0) is 0 Å². The summed E-state index contributed by atoms with van der Waals surface area (Å²) in [6.45, 7) is 0. The molecule has 0 bridgehead atoms. The Balaban J connectivity index is 2.19. The minimum Gasteiger partial charge on any atom is -0.421 e. The average molecular weight is 251 g/mol. The summed E-state index contributed by atoms with van der Waals surface area (Å²) in [7, 11) is 0. The van der Waals surface area contributed by atoms with Crippen molar-refractivity contribution in [2.75, 3.05) is 0 Å². The van der Waals surface area contributed by atoms with E-state index in [1.807, 2.05) is 18.2 Å². The first kappa shape index (κ1) is 9.15. The Kier molecular flexibility index (Phi) is 2.74. The maximum Gasteiger partial charge on any atom is 0.222 e. The maximum atomic E-state index is 5.41. The molecule has 0 amide bonds. The molecule has 2 rings (SSSR count). The molecule has 0 saturated heterocycles. The van der Waals surface area contributed by atoms with Crippen molar-refractivity contribution in [3.05, 3.63) is 47.2 Å². The zero-order valence-electron chi connectivity index (χ0n) is 7.22.